The summed E-state index contributed by atoms with van der Waals surface area (Å²) >= 11 is 0. The van der Waals surface area contributed by atoms with Gasteiger partial charge in [0.2, 0.25) is 0 Å². The van der Waals surface area contributed by atoms with Crippen LogP contribution in [0.3, 0.4) is 0 Å². The Balaban J connectivity index is 2.98. The highest BCUT2D eigenvalue weighted by Gasteiger charge is 1.82. The van der Waals surface area contributed by atoms with Gasteiger partial charge in [0, 0.05) is 6.08 Å². The van der Waals surface area contributed by atoms with Gasteiger partial charge in [0.1, 0.15) is 0 Å². The number of allylic oxidation sites excluding steroid dienone is 3. The van der Waals surface area contributed by atoms with Crippen molar-refractivity contribution in [1.29, 1.82) is 0 Å². The average molecular weight is 90.1 g/mol. The smallest absolute Gasteiger partial charge is 0.0934 e. The van der Waals surface area contributed by atoms with E-state index < -0.39 is 0 Å². The molecule has 33 valence electrons. The van der Waals surface area contributed by atoms with Gasteiger partial charge >= 0.3 is 0 Å². The summed E-state index contributed by atoms with van der Waals surface area (Å²) in [6, 6.07) is 0. The van der Waals surface area contributed by atoms with Crippen molar-refractivity contribution in [3.05, 3.63) is 30.0 Å². The summed E-state index contributed by atoms with van der Waals surface area (Å²) in [5, 5.41) is 8.60. The lowest BCUT2D eigenvalue weighted by atomic mass is 10.2. The Morgan fingerprint density at radius 3 is 2.71 bits per heavy atom. The van der Waals surface area contributed by atoms with Gasteiger partial charge in [0.05, 0.1) is 5.71 Å². The summed E-state index contributed by atoms with van der Waals surface area (Å²) in [5.74, 6) is 0. The first kappa shape index (κ1) is 4.10. The zero-order valence-corrected chi connectivity index (χ0v) is 3.76. The molecule has 1 radical (unpaired) electrons. The van der Waals surface area contributed by atoms with E-state index in [9.17, 15) is 0 Å². The molecule has 0 N–H and O–H groups in total. The maximum absolute atomic E-state index is 8.60. The number of rotatable bonds is 0. The SMILES string of the molecule is [N]=C1C=C=CC=C1. The molecule has 0 bridgehead atoms. The third-order valence-corrected chi connectivity index (χ3v) is 0.691. The van der Waals surface area contributed by atoms with Crippen LogP contribution in [-0.4, -0.2) is 5.71 Å². The molecule has 1 rings (SSSR count). The summed E-state index contributed by atoms with van der Waals surface area (Å²) in [7, 11) is 0. The monoisotopic (exact) mass is 90.0 g/mol. The Morgan fingerprint density at radius 2 is 2.43 bits per heavy atom. The molecule has 0 spiro atoms. The average Bonchev–Trinajstić information content (AvgIpc) is 1.69. The standard InChI is InChI=1S/C6H4N/c7-6-4-2-1-3-5-6/h1-2,4-5H. The van der Waals surface area contributed by atoms with Crippen LogP contribution < -0.4 is 5.41 Å². The van der Waals surface area contributed by atoms with Crippen LogP contribution in [0.5, 0.6) is 0 Å². The summed E-state index contributed by atoms with van der Waals surface area (Å²) in [5.41, 5.74) is 2.98. The maximum Gasteiger partial charge on any atom is 0.0934 e. The molecule has 7 heavy (non-hydrogen) atoms. The van der Waals surface area contributed by atoms with Crippen molar-refractivity contribution in [1.82, 2.24) is 5.41 Å². The zero-order chi connectivity index (χ0) is 5.11. The van der Waals surface area contributed by atoms with Crippen LogP contribution in [0.1, 0.15) is 0 Å². The third kappa shape index (κ3) is 0.881. The normalized spacial score (nSPS) is 15.7. The predicted molar refractivity (Wildman–Crippen MR) is 28.9 cm³/mol. The van der Waals surface area contributed by atoms with Gasteiger partial charge in [-0.15, -0.1) is 11.1 Å². The fourth-order valence-corrected chi connectivity index (χ4v) is 0.384. The number of nitrogens with zero attached hydrogens (tertiary/aromatic N) is 1. The van der Waals surface area contributed by atoms with E-state index in [1.807, 2.05) is 0 Å². The quantitative estimate of drug-likeness (QED) is 0.387. The van der Waals surface area contributed by atoms with Gasteiger partial charge in [-0.2, -0.15) is 0 Å². The summed E-state index contributed by atoms with van der Waals surface area (Å²) < 4.78 is 0. The van der Waals surface area contributed by atoms with Gasteiger partial charge < -0.3 is 0 Å². The fourth-order valence-electron chi connectivity index (χ4n) is 0.384. The first-order valence-electron chi connectivity index (χ1n) is 2.04. The molecule has 0 saturated carbocycles. The van der Waals surface area contributed by atoms with Crippen LogP contribution in [-0.2, 0) is 0 Å². The predicted octanol–water partition coefficient (Wildman–Crippen LogP) is 0.509. The molecule has 0 aromatic carbocycles. The van der Waals surface area contributed by atoms with Crippen molar-refractivity contribution in [2.45, 2.75) is 0 Å². The lowest BCUT2D eigenvalue weighted by Crippen LogP contribution is -1.86. The van der Waals surface area contributed by atoms with Crippen LogP contribution in [0.2, 0.25) is 0 Å². The molecule has 1 nitrogen and oxygen atoms in total. The van der Waals surface area contributed by atoms with Gasteiger partial charge in [0.15, 0.2) is 0 Å². The van der Waals surface area contributed by atoms with Crippen molar-refractivity contribution in [2.24, 2.45) is 0 Å². The van der Waals surface area contributed by atoms with E-state index in [0.29, 0.717) is 0 Å². The highest BCUT2D eigenvalue weighted by molar-refractivity contribution is 6.03. The van der Waals surface area contributed by atoms with Crippen molar-refractivity contribution in [3.8, 4) is 0 Å². The van der Waals surface area contributed by atoms with Crippen molar-refractivity contribution < 1.29 is 0 Å². The van der Waals surface area contributed by atoms with Gasteiger partial charge in [-0.3, -0.25) is 0 Å². The highest BCUT2D eigenvalue weighted by atomic mass is 14.4. The molecule has 0 heterocycles. The molecule has 1 aliphatic rings. The minimum Gasteiger partial charge on any atom is -0.150 e. The second-order valence-electron chi connectivity index (χ2n) is 1.26. The Kier molecular flexibility index (Phi) is 0.928. The summed E-state index contributed by atoms with van der Waals surface area (Å²) in [4.78, 5) is 0. The zero-order valence-electron chi connectivity index (χ0n) is 3.76. The second kappa shape index (κ2) is 1.59. The Bertz CT molecular complexity index is 169. The van der Waals surface area contributed by atoms with E-state index in [1.165, 1.54) is 6.08 Å². The molecule has 1 aliphatic carbocycles. The Morgan fingerprint density at radius 1 is 1.57 bits per heavy atom. The number of hydrogen-bond acceptors (Lipinski definition) is 0. The van der Waals surface area contributed by atoms with Crippen LogP contribution >= 0.6 is 0 Å². The van der Waals surface area contributed by atoms with E-state index in [-0.39, 0.29) is 5.71 Å². The Hall–Kier alpha value is -1.07. The maximum atomic E-state index is 8.60. The molecule has 0 aromatic rings. The van der Waals surface area contributed by atoms with Crippen molar-refractivity contribution in [2.75, 3.05) is 0 Å². The van der Waals surface area contributed by atoms with E-state index in [2.05, 4.69) is 5.73 Å². The van der Waals surface area contributed by atoms with Crippen molar-refractivity contribution >= 4 is 5.71 Å². The molecule has 1 heteroatoms. The van der Waals surface area contributed by atoms with E-state index >= 15 is 0 Å². The lowest BCUT2D eigenvalue weighted by molar-refractivity contribution is 1.79. The minimum atomic E-state index is 0.266. The molecule has 0 saturated heterocycles. The van der Waals surface area contributed by atoms with Gasteiger partial charge in [-0.1, -0.05) is 6.08 Å². The minimum absolute atomic E-state index is 0.266. The Labute approximate surface area is 42.2 Å². The van der Waals surface area contributed by atoms with Gasteiger partial charge in [-0.05, 0) is 12.2 Å². The third-order valence-electron chi connectivity index (χ3n) is 0.691. The van der Waals surface area contributed by atoms with E-state index in [4.69, 9.17) is 5.41 Å². The lowest BCUT2D eigenvalue weighted by Gasteiger charge is -1.81. The second-order valence-corrected chi connectivity index (χ2v) is 1.26. The molecule has 0 fully saturated rings. The van der Waals surface area contributed by atoms with Crippen molar-refractivity contribution in [3.63, 3.8) is 0 Å². The highest BCUT2D eigenvalue weighted by Crippen LogP contribution is 1.84. The van der Waals surface area contributed by atoms with Crippen LogP contribution in [0.4, 0.5) is 0 Å². The van der Waals surface area contributed by atoms with Gasteiger partial charge in [-0.25, -0.2) is 0 Å². The van der Waals surface area contributed by atoms with Crippen LogP contribution in [0.25, 0.3) is 0 Å². The molecular weight excluding hydrogens is 86.1 g/mol. The molecular formula is C6H4N. The van der Waals surface area contributed by atoms with Crippen LogP contribution in [0, 0.1) is 0 Å². The molecule has 0 unspecified atom stereocenters. The molecule has 0 atom stereocenters. The topological polar surface area (TPSA) is 22.3 Å². The molecule has 0 aliphatic heterocycles. The summed E-state index contributed by atoms with van der Waals surface area (Å²) in [6.45, 7) is 0. The summed E-state index contributed by atoms with van der Waals surface area (Å²) in [6.07, 6.45) is 6.59. The first-order valence-corrected chi connectivity index (χ1v) is 2.04. The fraction of sp³-hybridized carbons (Fsp3) is 0. The van der Waals surface area contributed by atoms with E-state index in [0.717, 1.165) is 0 Å². The molecule has 0 amide bonds. The largest absolute Gasteiger partial charge is 0.150 e. The molecule has 0 aromatic heterocycles. The number of hydrogen-bond donors (Lipinski definition) is 0. The van der Waals surface area contributed by atoms with Gasteiger partial charge in [0.25, 0.3) is 0 Å². The van der Waals surface area contributed by atoms with Crippen LogP contribution in [0.15, 0.2) is 30.0 Å². The van der Waals surface area contributed by atoms with E-state index in [1.54, 1.807) is 18.2 Å². The first-order chi connectivity index (χ1) is 3.39.